The zero-order chi connectivity index (χ0) is 7.11. The summed E-state index contributed by atoms with van der Waals surface area (Å²) in [7, 11) is 0. The summed E-state index contributed by atoms with van der Waals surface area (Å²) < 4.78 is 0. The molecule has 0 saturated heterocycles. The lowest BCUT2D eigenvalue weighted by Crippen LogP contribution is -1.86. The van der Waals surface area contributed by atoms with Crippen LogP contribution in [0, 0.1) is 0 Å². The smallest absolute Gasteiger partial charge is 0.159 e. The van der Waals surface area contributed by atoms with Gasteiger partial charge in [-0.1, -0.05) is 24.8 Å². The minimum Gasteiger partial charge on any atom is -0.295 e. The number of ketones is 1. The van der Waals surface area contributed by atoms with Gasteiger partial charge in [-0.25, -0.2) is 0 Å². The molecule has 0 unspecified atom stereocenters. The van der Waals surface area contributed by atoms with E-state index in [0.29, 0.717) is 6.42 Å². The predicted octanol–water partition coefficient (Wildman–Crippen LogP) is 1.87. The Labute approximate surface area is 55.4 Å². The van der Waals surface area contributed by atoms with Gasteiger partial charge in [0.2, 0.25) is 0 Å². The average Bonchev–Trinajstić information content (AvgIpc) is 1.85. The highest BCUT2D eigenvalue weighted by molar-refractivity contribution is 5.90. The monoisotopic (exact) mass is 122 g/mol. The van der Waals surface area contributed by atoms with Crippen molar-refractivity contribution in [3.05, 3.63) is 37.5 Å². The van der Waals surface area contributed by atoms with Crippen molar-refractivity contribution in [2.75, 3.05) is 0 Å². The van der Waals surface area contributed by atoms with Crippen LogP contribution >= 0.6 is 0 Å². The average molecular weight is 122 g/mol. The summed E-state index contributed by atoms with van der Waals surface area (Å²) >= 11 is 0. The van der Waals surface area contributed by atoms with Crippen molar-refractivity contribution in [3.63, 3.8) is 0 Å². The normalized spacial score (nSPS) is 9.33. The topological polar surface area (TPSA) is 17.1 Å². The highest BCUT2D eigenvalue weighted by Crippen LogP contribution is 1.85. The van der Waals surface area contributed by atoms with Gasteiger partial charge in [-0.2, -0.15) is 0 Å². The molecule has 0 spiro atoms. The van der Waals surface area contributed by atoms with E-state index in [9.17, 15) is 4.79 Å². The van der Waals surface area contributed by atoms with Gasteiger partial charge in [0, 0.05) is 6.42 Å². The lowest BCUT2D eigenvalue weighted by molar-refractivity contribution is -0.113. The quantitative estimate of drug-likeness (QED) is 0.316. The Morgan fingerprint density at radius 1 is 1.44 bits per heavy atom. The van der Waals surface area contributed by atoms with E-state index in [1.165, 1.54) is 6.08 Å². The van der Waals surface area contributed by atoms with Crippen molar-refractivity contribution >= 4 is 5.78 Å². The van der Waals surface area contributed by atoms with Gasteiger partial charge in [0.15, 0.2) is 5.78 Å². The maximum absolute atomic E-state index is 10.6. The summed E-state index contributed by atoms with van der Waals surface area (Å²) in [4.78, 5) is 10.6. The minimum atomic E-state index is 0.0601. The molecular formula is C8H10O. The van der Waals surface area contributed by atoms with Gasteiger partial charge in [-0.15, -0.1) is 6.58 Å². The maximum Gasteiger partial charge on any atom is 0.159 e. The summed E-state index contributed by atoms with van der Waals surface area (Å²) in [5.41, 5.74) is 0. The van der Waals surface area contributed by atoms with Crippen LogP contribution in [-0.2, 0) is 4.79 Å². The number of rotatable bonds is 4. The van der Waals surface area contributed by atoms with Crippen molar-refractivity contribution in [1.82, 2.24) is 0 Å². The van der Waals surface area contributed by atoms with Gasteiger partial charge in [0.05, 0.1) is 0 Å². The lowest BCUT2D eigenvalue weighted by Gasteiger charge is -1.81. The molecule has 0 aromatic rings. The van der Waals surface area contributed by atoms with Crippen LogP contribution in [0.5, 0.6) is 0 Å². The number of hydrogen-bond donors (Lipinski definition) is 0. The Hall–Kier alpha value is -1.11. The lowest BCUT2D eigenvalue weighted by atomic mass is 10.2. The van der Waals surface area contributed by atoms with Crippen LogP contribution in [0.25, 0.3) is 0 Å². The Kier molecular flexibility index (Phi) is 4.41. The van der Waals surface area contributed by atoms with Gasteiger partial charge < -0.3 is 0 Å². The second-order valence-electron chi connectivity index (χ2n) is 1.55. The molecule has 9 heavy (non-hydrogen) atoms. The van der Waals surface area contributed by atoms with Crippen molar-refractivity contribution in [3.8, 4) is 0 Å². The molecule has 0 heterocycles. The molecule has 0 aliphatic rings. The third kappa shape index (κ3) is 4.75. The second kappa shape index (κ2) is 5.04. The molecule has 0 saturated carbocycles. The summed E-state index contributed by atoms with van der Waals surface area (Å²) in [6.07, 6.45) is 6.65. The molecule has 1 nitrogen and oxygen atoms in total. The summed E-state index contributed by atoms with van der Waals surface area (Å²) in [6, 6.07) is 0. The van der Waals surface area contributed by atoms with E-state index in [4.69, 9.17) is 0 Å². The molecule has 48 valence electrons. The van der Waals surface area contributed by atoms with Crippen molar-refractivity contribution in [2.45, 2.75) is 6.42 Å². The fourth-order valence-electron chi connectivity index (χ4n) is 0.386. The molecular weight excluding hydrogens is 112 g/mol. The van der Waals surface area contributed by atoms with Crippen molar-refractivity contribution in [1.29, 1.82) is 0 Å². The summed E-state index contributed by atoms with van der Waals surface area (Å²) in [5.74, 6) is 0.0601. The fraction of sp³-hybridized carbons (Fsp3) is 0.125. The van der Waals surface area contributed by atoms with Crippen LogP contribution < -0.4 is 0 Å². The standard InChI is InChI=1S/C8H10O/c1-3-5-7-8(9)6-4-2/h3-5,7H,1-2,6H2/b7-5+. The zero-order valence-corrected chi connectivity index (χ0v) is 5.34. The van der Waals surface area contributed by atoms with E-state index in [-0.39, 0.29) is 5.78 Å². The zero-order valence-electron chi connectivity index (χ0n) is 5.34. The van der Waals surface area contributed by atoms with Gasteiger partial charge in [0.25, 0.3) is 0 Å². The first-order valence-corrected chi connectivity index (χ1v) is 2.74. The van der Waals surface area contributed by atoms with Crippen LogP contribution in [0.15, 0.2) is 37.5 Å². The van der Waals surface area contributed by atoms with E-state index >= 15 is 0 Å². The molecule has 0 N–H and O–H groups in total. The number of allylic oxidation sites excluding steroid dienone is 4. The van der Waals surface area contributed by atoms with E-state index in [2.05, 4.69) is 13.2 Å². The minimum absolute atomic E-state index is 0.0601. The molecule has 0 amide bonds. The Morgan fingerprint density at radius 3 is 2.56 bits per heavy atom. The van der Waals surface area contributed by atoms with E-state index in [1.54, 1.807) is 18.2 Å². The van der Waals surface area contributed by atoms with Crippen LogP contribution in [0.2, 0.25) is 0 Å². The molecule has 0 rings (SSSR count). The second-order valence-corrected chi connectivity index (χ2v) is 1.55. The Morgan fingerprint density at radius 2 is 2.11 bits per heavy atom. The third-order valence-electron chi connectivity index (χ3n) is 0.764. The first-order valence-electron chi connectivity index (χ1n) is 2.74. The molecule has 0 aliphatic heterocycles. The highest BCUT2D eigenvalue weighted by atomic mass is 16.1. The summed E-state index contributed by atoms with van der Waals surface area (Å²) in [6.45, 7) is 6.86. The number of carbonyl (C=O) groups is 1. The van der Waals surface area contributed by atoms with Gasteiger partial charge in [-0.05, 0) is 6.08 Å². The fourth-order valence-corrected chi connectivity index (χ4v) is 0.386. The van der Waals surface area contributed by atoms with Crippen LogP contribution in [-0.4, -0.2) is 5.78 Å². The van der Waals surface area contributed by atoms with Gasteiger partial charge >= 0.3 is 0 Å². The van der Waals surface area contributed by atoms with Crippen LogP contribution in [0.1, 0.15) is 6.42 Å². The molecule has 0 radical (unpaired) electrons. The Balaban J connectivity index is 3.61. The first kappa shape index (κ1) is 7.89. The van der Waals surface area contributed by atoms with Crippen LogP contribution in [0.4, 0.5) is 0 Å². The van der Waals surface area contributed by atoms with E-state index in [1.807, 2.05) is 0 Å². The largest absolute Gasteiger partial charge is 0.295 e. The van der Waals surface area contributed by atoms with Crippen molar-refractivity contribution < 1.29 is 4.79 Å². The number of carbonyl (C=O) groups excluding carboxylic acids is 1. The van der Waals surface area contributed by atoms with E-state index < -0.39 is 0 Å². The number of hydrogen-bond acceptors (Lipinski definition) is 1. The molecule has 0 bridgehead atoms. The van der Waals surface area contributed by atoms with Crippen LogP contribution in [0.3, 0.4) is 0 Å². The molecule has 0 atom stereocenters. The predicted molar refractivity (Wildman–Crippen MR) is 39.2 cm³/mol. The van der Waals surface area contributed by atoms with Gasteiger partial charge in [0.1, 0.15) is 0 Å². The molecule has 0 aromatic carbocycles. The summed E-state index contributed by atoms with van der Waals surface area (Å²) in [5, 5.41) is 0. The molecule has 1 heteroatoms. The Bertz CT molecular complexity index is 143. The van der Waals surface area contributed by atoms with Crippen molar-refractivity contribution in [2.24, 2.45) is 0 Å². The third-order valence-corrected chi connectivity index (χ3v) is 0.764. The highest BCUT2D eigenvalue weighted by Gasteiger charge is 1.86. The first-order chi connectivity index (χ1) is 4.31. The van der Waals surface area contributed by atoms with Gasteiger partial charge in [-0.3, -0.25) is 4.79 Å². The molecule has 0 aromatic heterocycles. The van der Waals surface area contributed by atoms with E-state index in [0.717, 1.165) is 0 Å². The SMILES string of the molecule is C=C/C=C/C(=O)CC=C. The molecule has 0 fully saturated rings. The maximum atomic E-state index is 10.6. The molecule has 0 aliphatic carbocycles.